The summed E-state index contributed by atoms with van der Waals surface area (Å²) in [6, 6.07) is 3.05. The number of aromatic hydroxyl groups is 1. The molecule has 2 heterocycles. The normalized spacial score (nSPS) is 13.6. The molecule has 0 saturated heterocycles. The van der Waals surface area contributed by atoms with Crippen molar-refractivity contribution >= 4 is 11.7 Å². The predicted molar refractivity (Wildman–Crippen MR) is 117 cm³/mol. The zero-order valence-electron chi connectivity index (χ0n) is 18.8. The molecule has 0 aliphatic carbocycles. The van der Waals surface area contributed by atoms with Gasteiger partial charge in [-0.3, -0.25) is 24.1 Å². The van der Waals surface area contributed by atoms with E-state index in [1.807, 2.05) is 13.8 Å². The van der Waals surface area contributed by atoms with Gasteiger partial charge in [-0.05, 0) is 38.3 Å². The van der Waals surface area contributed by atoms with Crippen LogP contribution in [0.15, 0.2) is 29.2 Å². The van der Waals surface area contributed by atoms with Crippen LogP contribution in [0.5, 0.6) is 5.75 Å². The van der Waals surface area contributed by atoms with Gasteiger partial charge in [-0.2, -0.15) is 0 Å². The summed E-state index contributed by atoms with van der Waals surface area (Å²) in [7, 11) is 1.65. The van der Waals surface area contributed by atoms with Crippen molar-refractivity contribution in [2.75, 3.05) is 31.9 Å². The Kier molecular flexibility index (Phi) is 7.47. The van der Waals surface area contributed by atoms with Crippen molar-refractivity contribution in [2.45, 2.75) is 39.2 Å². The molecule has 33 heavy (non-hydrogen) atoms. The summed E-state index contributed by atoms with van der Waals surface area (Å²) >= 11 is 0. The molecule has 0 spiro atoms. The number of amides is 1. The van der Waals surface area contributed by atoms with Crippen molar-refractivity contribution in [2.24, 2.45) is 0 Å². The van der Waals surface area contributed by atoms with Gasteiger partial charge in [-0.1, -0.05) is 6.07 Å². The number of aromatic nitrogens is 1. The standard InChI is InChI=1S/C23H27F2N3O5/c1-14(2)33-10-4-9-27-13-26(3)28-12-17(21(30)22(31)20(28)23(27)32)19(29)8-6-15-5-7-16(24)11-18(15)25/h5,7,11-12,14,31H,4,6,8-10,13H2,1-3H3. The van der Waals surface area contributed by atoms with Gasteiger partial charge in [0, 0.05) is 38.9 Å². The Morgan fingerprint density at radius 1 is 1.24 bits per heavy atom. The smallest absolute Gasteiger partial charge is 0.277 e. The van der Waals surface area contributed by atoms with Crippen LogP contribution < -0.4 is 10.4 Å². The molecule has 0 unspecified atom stereocenters. The van der Waals surface area contributed by atoms with Crippen LogP contribution in [0, 0.1) is 11.6 Å². The first kappa shape index (κ1) is 24.4. The maximum atomic E-state index is 13.8. The first-order chi connectivity index (χ1) is 15.6. The average molecular weight is 463 g/mol. The van der Waals surface area contributed by atoms with Gasteiger partial charge in [0.25, 0.3) is 5.91 Å². The second kappa shape index (κ2) is 10.1. The monoisotopic (exact) mass is 463 g/mol. The van der Waals surface area contributed by atoms with E-state index in [-0.39, 0.29) is 42.4 Å². The highest BCUT2D eigenvalue weighted by molar-refractivity contribution is 6.00. The average Bonchev–Trinajstić information content (AvgIpc) is 2.75. The third-order valence-electron chi connectivity index (χ3n) is 5.36. The number of hydrogen-bond donors (Lipinski definition) is 1. The summed E-state index contributed by atoms with van der Waals surface area (Å²) in [5.74, 6) is -3.47. The second-order valence-electron chi connectivity index (χ2n) is 8.21. The van der Waals surface area contributed by atoms with Crippen LogP contribution in [0.25, 0.3) is 0 Å². The van der Waals surface area contributed by atoms with E-state index in [0.29, 0.717) is 19.6 Å². The summed E-state index contributed by atoms with van der Waals surface area (Å²) in [5, 5.41) is 12.1. The van der Waals surface area contributed by atoms with Crippen LogP contribution in [-0.4, -0.2) is 59.3 Å². The van der Waals surface area contributed by atoms with Gasteiger partial charge in [0.05, 0.1) is 11.7 Å². The number of aryl methyl sites for hydroxylation is 1. The highest BCUT2D eigenvalue weighted by Gasteiger charge is 2.32. The van der Waals surface area contributed by atoms with Gasteiger partial charge in [-0.15, -0.1) is 0 Å². The number of nitrogens with zero attached hydrogens (tertiary/aromatic N) is 3. The number of hydrogen-bond acceptors (Lipinski definition) is 6. The van der Waals surface area contributed by atoms with Crippen LogP contribution in [0.3, 0.4) is 0 Å². The number of rotatable bonds is 9. The third-order valence-corrected chi connectivity index (χ3v) is 5.36. The summed E-state index contributed by atoms with van der Waals surface area (Å²) in [6.07, 6.45) is 1.60. The van der Waals surface area contributed by atoms with Crippen LogP contribution in [0.4, 0.5) is 8.78 Å². The van der Waals surface area contributed by atoms with Crippen molar-refractivity contribution in [1.82, 2.24) is 9.58 Å². The van der Waals surface area contributed by atoms with Gasteiger partial charge in [0.1, 0.15) is 18.3 Å². The first-order valence-electron chi connectivity index (χ1n) is 10.7. The SMILES string of the molecule is CC(C)OCCCN1CN(C)n2cc(C(=O)CCc3ccc(F)cc3F)c(=O)c(O)c2C1=O. The number of carbonyl (C=O) groups is 2. The van der Waals surface area contributed by atoms with Gasteiger partial charge < -0.3 is 14.7 Å². The first-order valence-corrected chi connectivity index (χ1v) is 10.7. The Morgan fingerprint density at radius 3 is 2.64 bits per heavy atom. The van der Waals surface area contributed by atoms with Crippen molar-refractivity contribution in [3.8, 4) is 5.75 Å². The summed E-state index contributed by atoms with van der Waals surface area (Å²) in [4.78, 5) is 39.8. The molecule has 1 aliphatic heterocycles. The van der Waals surface area contributed by atoms with Crippen LogP contribution >= 0.6 is 0 Å². The molecular formula is C23H27F2N3O5. The molecule has 0 saturated carbocycles. The van der Waals surface area contributed by atoms with Crippen molar-refractivity contribution in [1.29, 1.82) is 0 Å². The molecule has 1 aromatic carbocycles. The zero-order chi connectivity index (χ0) is 24.3. The summed E-state index contributed by atoms with van der Waals surface area (Å²) in [6.45, 7) is 4.84. The van der Waals surface area contributed by atoms with Gasteiger partial charge in [0.15, 0.2) is 17.2 Å². The number of ketones is 1. The summed E-state index contributed by atoms with van der Waals surface area (Å²) in [5.41, 5.74) is -1.36. The molecule has 1 N–H and O–H groups in total. The molecule has 10 heteroatoms. The lowest BCUT2D eigenvalue weighted by atomic mass is 10.0. The molecule has 0 fully saturated rings. The topological polar surface area (TPSA) is 92.1 Å². The number of Topliss-reactive ketones (excluding diaryl/α,β-unsaturated/α-hetero) is 1. The molecule has 0 bridgehead atoms. The molecule has 0 atom stereocenters. The van der Waals surface area contributed by atoms with E-state index in [0.717, 1.165) is 12.1 Å². The molecule has 8 nitrogen and oxygen atoms in total. The lowest BCUT2D eigenvalue weighted by molar-refractivity contribution is 0.0573. The van der Waals surface area contributed by atoms with E-state index in [2.05, 4.69) is 0 Å². The van der Waals surface area contributed by atoms with E-state index in [9.17, 15) is 28.3 Å². The number of fused-ring (bicyclic) bond motifs is 1. The number of pyridine rings is 1. The summed E-state index contributed by atoms with van der Waals surface area (Å²) < 4.78 is 33.7. The molecule has 1 amide bonds. The van der Waals surface area contributed by atoms with Crippen molar-refractivity contribution < 1.29 is 28.2 Å². The fraction of sp³-hybridized carbons (Fsp3) is 0.435. The number of ether oxygens (including phenoxy) is 1. The van der Waals surface area contributed by atoms with Crippen molar-refractivity contribution in [3.05, 3.63) is 63.1 Å². The largest absolute Gasteiger partial charge is 0.502 e. The Morgan fingerprint density at radius 2 is 1.97 bits per heavy atom. The molecular weight excluding hydrogens is 436 g/mol. The van der Waals surface area contributed by atoms with Gasteiger partial charge >= 0.3 is 0 Å². The Balaban J connectivity index is 1.79. The highest BCUT2D eigenvalue weighted by Crippen LogP contribution is 2.22. The third kappa shape index (κ3) is 5.39. The molecule has 2 aromatic rings. The number of halogens is 2. The highest BCUT2D eigenvalue weighted by atomic mass is 19.1. The molecule has 1 aliphatic rings. The lowest BCUT2D eigenvalue weighted by Gasteiger charge is -2.37. The maximum Gasteiger partial charge on any atom is 0.277 e. The van der Waals surface area contributed by atoms with Gasteiger partial charge in [0.2, 0.25) is 5.43 Å². The van der Waals surface area contributed by atoms with E-state index < -0.39 is 34.5 Å². The fourth-order valence-corrected chi connectivity index (χ4v) is 3.64. The Bertz CT molecular complexity index is 1120. The van der Waals surface area contributed by atoms with E-state index in [4.69, 9.17) is 4.74 Å². The maximum absolute atomic E-state index is 13.8. The van der Waals surface area contributed by atoms with E-state index in [1.165, 1.54) is 21.8 Å². The van der Waals surface area contributed by atoms with Crippen LogP contribution in [0.2, 0.25) is 0 Å². The van der Waals surface area contributed by atoms with E-state index >= 15 is 0 Å². The minimum absolute atomic E-state index is 0.0477. The van der Waals surface area contributed by atoms with E-state index in [1.54, 1.807) is 12.1 Å². The van der Waals surface area contributed by atoms with Crippen LogP contribution in [0.1, 0.15) is 53.1 Å². The van der Waals surface area contributed by atoms with Gasteiger partial charge in [-0.25, -0.2) is 8.78 Å². The van der Waals surface area contributed by atoms with Crippen LogP contribution in [-0.2, 0) is 11.2 Å². The Labute approximate surface area is 190 Å². The second-order valence-corrected chi connectivity index (χ2v) is 8.21. The number of carbonyl (C=O) groups excluding carboxylic acids is 2. The minimum Gasteiger partial charge on any atom is -0.502 e. The molecule has 0 radical (unpaired) electrons. The lowest BCUT2D eigenvalue weighted by Crippen LogP contribution is -2.53. The zero-order valence-corrected chi connectivity index (χ0v) is 18.8. The molecule has 3 rings (SSSR count). The molecule has 1 aromatic heterocycles. The van der Waals surface area contributed by atoms with Crippen molar-refractivity contribution in [3.63, 3.8) is 0 Å². The quantitative estimate of drug-likeness (QED) is 0.454. The number of benzene rings is 1. The fourth-order valence-electron chi connectivity index (χ4n) is 3.64. The minimum atomic E-state index is -0.961. The Hall–Kier alpha value is -3.27. The predicted octanol–water partition coefficient (Wildman–Crippen LogP) is 2.44. The molecule has 178 valence electrons.